The first kappa shape index (κ1) is 15.9. The van der Waals surface area contributed by atoms with Crippen molar-refractivity contribution in [3.05, 3.63) is 6.92 Å². The van der Waals surface area contributed by atoms with Crippen LogP contribution < -0.4 is 6.15 Å². The molecule has 0 bridgehead atoms. The smallest absolute Gasteiger partial charge is 0.344 e. The van der Waals surface area contributed by atoms with Crippen molar-refractivity contribution in [2.45, 2.75) is 26.7 Å². The van der Waals surface area contributed by atoms with Crippen molar-refractivity contribution in [3.63, 3.8) is 0 Å². The van der Waals surface area contributed by atoms with Crippen LogP contribution in [-0.4, -0.2) is 23.1 Å². The summed E-state index contributed by atoms with van der Waals surface area (Å²) >= 11 is 0. The van der Waals surface area contributed by atoms with Crippen LogP contribution >= 0.6 is 0 Å². The van der Waals surface area contributed by atoms with E-state index in [0.29, 0.717) is 5.92 Å². The van der Waals surface area contributed by atoms with E-state index in [1.807, 2.05) is 0 Å². The zero-order chi connectivity index (χ0) is 4.99. The Bertz CT molecular complexity index is 27.7. The van der Waals surface area contributed by atoms with Gasteiger partial charge in [0.05, 0.1) is 0 Å². The van der Waals surface area contributed by atoms with Gasteiger partial charge in [0.15, 0.2) is 0 Å². The van der Waals surface area contributed by atoms with E-state index in [-0.39, 0.29) is 29.2 Å². The summed E-state index contributed by atoms with van der Waals surface area (Å²) in [7, 11) is 0. The van der Waals surface area contributed by atoms with Crippen molar-refractivity contribution >= 4 is 23.1 Å². The molecule has 0 radical (unpaired) electrons. The normalized spacial score (nSPS) is 7.50. The maximum Gasteiger partial charge on any atom is 2.00 e. The Morgan fingerprint density at radius 2 is 1.50 bits per heavy atom. The van der Waals surface area contributed by atoms with E-state index in [9.17, 15) is 0 Å². The molecular weight excluding hydrogens is 110 g/mol. The molecule has 0 amide bonds. The van der Waals surface area contributed by atoms with Crippen LogP contribution in [0.25, 0.3) is 0 Å². The molecule has 8 heavy (non-hydrogen) atoms. The van der Waals surface area contributed by atoms with Crippen molar-refractivity contribution < 1.29 is 0 Å². The summed E-state index contributed by atoms with van der Waals surface area (Å²) in [5, 5.41) is 0. The minimum Gasteiger partial charge on any atom is -0.344 e. The van der Waals surface area contributed by atoms with E-state index in [4.69, 9.17) is 0 Å². The minimum atomic E-state index is 0. The van der Waals surface area contributed by atoms with E-state index < -0.39 is 0 Å². The Hall–Kier alpha value is 0.726. The molecule has 0 fully saturated rings. The molecule has 0 aromatic rings. The zero-order valence-electron chi connectivity index (χ0n) is 6.11. The number of hydrogen-bond donors (Lipinski definition) is 1. The van der Waals surface area contributed by atoms with Crippen molar-refractivity contribution in [1.82, 2.24) is 6.15 Å². The van der Waals surface area contributed by atoms with Crippen LogP contribution in [0.2, 0.25) is 0 Å². The molecule has 0 aliphatic rings. The third kappa shape index (κ3) is 9.87. The molecular formula is C6H16MgN+. The summed E-state index contributed by atoms with van der Waals surface area (Å²) in [6, 6.07) is 0. The Labute approximate surface area is 69.0 Å². The molecule has 1 nitrogen and oxygen atoms in total. The van der Waals surface area contributed by atoms with Gasteiger partial charge in [-0.2, -0.15) is 5.92 Å². The van der Waals surface area contributed by atoms with Gasteiger partial charge in [0.1, 0.15) is 0 Å². The van der Waals surface area contributed by atoms with Crippen LogP contribution in [0.5, 0.6) is 0 Å². The van der Waals surface area contributed by atoms with Gasteiger partial charge in [0, 0.05) is 0 Å². The van der Waals surface area contributed by atoms with Crippen LogP contribution in [-0.2, 0) is 0 Å². The molecule has 0 saturated carbocycles. The molecule has 0 aromatic carbocycles. The van der Waals surface area contributed by atoms with Crippen molar-refractivity contribution in [1.29, 1.82) is 0 Å². The van der Waals surface area contributed by atoms with E-state index in [1.165, 1.54) is 12.8 Å². The maximum absolute atomic E-state index is 3.88. The predicted octanol–water partition coefficient (Wildman–Crippen LogP) is 2.04. The summed E-state index contributed by atoms with van der Waals surface area (Å²) in [6.07, 6.45) is 2.44. The van der Waals surface area contributed by atoms with Crippen LogP contribution in [0.15, 0.2) is 0 Å². The summed E-state index contributed by atoms with van der Waals surface area (Å²) in [5.41, 5.74) is 0. The Morgan fingerprint density at radius 3 is 1.50 bits per heavy atom. The van der Waals surface area contributed by atoms with Gasteiger partial charge < -0.3 is 13.1 Å². The minimum absolute atomic E-state index is 0. The Morgan fingerprint density at radius 1 is 1.25 bits per heavy atom. The van der Waals surface area contributed by atoms with E-state index in [1.54, 1.807) is 0 Å². The van der Waals surface area contributed by atoms with Gasteiger partial charge in [-0.05, 0) is 0 Å². The average Bonchev–Trinajstić information content (AvgIpc) is 1.65. The molecule has 0 aliphatic carbocycles. The predicted molar refractivity (Wildman–Crippen MR) is 40.2 cm³/mol. The maximum atomic E-state index is 3.88. The van der Waals surface area contributed by atoms with Crippen LogP contribution in [0.3, 0.4) is 0 Å². The molecule has 0 unspecified atom stereocenters. The molecule has 46 valence electrons. The largest absolute Gasteiger partial charge is 2.00 e. The number of hydrogen-bond acceptors (Lipinski definition) is 1. The van der Waals surface area contributed by atoms with Gasteiger partial charge in [-0.15, -0.1) is 0 Å². The molecule has 3 N–H and O–H groups in total. The molecule has 0 atom stereocenters. The Balaban J connectivity index is -0.000000125. The second kappa shape index (κ2) is 10.7. The molecule has 0 rings (SSSR count). The number of rotatable bonds is 2. The third-order valence-electron chi connectivity index (χ3n) is 1.15. The fourth-order valence-electron chi connectivity index (χ4n) is 0.289. The van der Waals surface area contributed by atoms with Gasteiger partial charge in [-0.3, -0.25) is 0 Å². The average molecular weight is 127 g/mol. The first-order valence-electron chi connectivity index (χ1n) is 2.64. The molecule has 0 heterocycles. The SMILES string of the molecule is N.[CH2-]C(CC)CC.[Mg+2]. The van der Waals surface area contributed by atoms with Crippen LogP contribution in [0.4, 0.5) is 0 Å². The molecule has 0 aliphatic heterocycles. The monoisotopic (exact) mass is 126 g/mol. The summed E-state index contributed by atoms with van der Waals surface area (Å²) in [5.74, 6) is 0.685. The third-order valence-corrected chi connectivity index (χ3v) is 1.15. The topological polar surface area (TPSA) is 35.0 Å². The molecule has 0 spiro atoms. The summed E-state index contributed by atoms with van der Waals surface area (Å²) in [4.78, 5) is 0. The van der Waals surface area contributed by atoms with Gasteiger partial charge in [0.2, 0.25) is 0 Å². The van der Waals surface area contributed by atoms with Gasteiger partial charge in [-0.1, -0.05) is 26.7 Å². The van der Waals surface area contributed by atoms with Crippen molar-refractivity contribution in [3.8, 4) is 0 Å². The second-order valence-electron chi connectivity index (χ2n) is 1.68. The summed E-state index contributed by atoms with van der Waals surface area (Å²) < 4.78 is 0. The first-order chi connectivity index (χ1) is 2.81. The van der Waals surface area contributed by atoms with Crippen LogP contribution in [0, 0.1) is 12.8 Å². The quantitative estimate of drug-likeness (QED) is 0.446. The van der Waals surface area contributed by atoms with E-state index >= 15 is 0 Å². The first-order valence-corrected chi connectivity index (χ1v) is 2.64. The fraction of sp³-hybridized carbons (Fsp3) is 0.833. The molecule has 0 aromatic heterocycles. The van der Waals surface area contributed by atoms with Crippen molar-refractivity contribution in [2.24, 2.45) is 5.92 Å². The van der Waals surface area contributed by atoms with Gasteiger partial charge >= 0.3 is 23.1 Å². The van der Waals surface area contributed by atoms with Gasteiger partial charge in [-0.25, -0.2) is 0 Å². The fourth-order valence-corrected chi connectivity index (χ4v) is 0.289. The standard InChI is InChI=1S/C6H13.Mg.H3N/c1-4-6(3)5-2;;/h6H,3-5H2,1-2H3;;1H3/q-1;+2;. The van der Waals surface area contributed by atoms with Gasteiger partial charge in [0.25, 0.3) is 0 Å². The zero-order valence-corrected chi connectivity index (χ0v) is 7.53. The Kier molecular flexibility index (Phi) is 21.2. The second-order valence-corrected chi connectivity index (χ2v) is 1.68. The summed E-state index contributed by atoms with van der Waals surface area (Å²) in [6.45, 7) is 8.21. The molecule has 2 heteroatoms. The van der Waals surface area contributed by atoms with E-state index in [2.05, 4.69) is 20.8 Å². The van der Waals surface area contributed by atoms with Crippen molar-refractivity contribution in [2.75, 3.05) is 0 Å². The van der Waals surface area contributed by atoms with E-state index in [0.717, 1.165) is 0 Å². The van der Waals surface area contributed by atoms with Crippen LogP contribution in [0.1, 0.15) is 26.7 Å². The molecule has 0 saturated heterocycles.